The van der Waals surface area contributed by atoms with E-state index in [0.29, 0.717) is 0 Å². The van der Waals surface area contributed by atoms with Gasteiger partial charge in [-0.3, -0.25) is 10.1 Å². The fourth-order valence-electron chi connectivity index (χ4n) is 1.72. The molecule has 0 aliphatic heterocycles. The number of nitro groups is 1. The van der Waals surface area contributed by atoms with Crippen LogP contribution in [0.1, 0.15) is 11.1 Å². The fourth-order valence-corrected chi connectivity index (χ4v) is 1.72. The molecule has 0 atom stereocenters. The first-order valence-corrected chi connectivity index (χ1v) is 5.74. The van der Waals surface area contributed by atoms with Gasteiger partial charge in [0.25, 0.3) is 0 Å². The molecule has 0 unspecified atom stereocenters. The number of aromatic nitrogens is 1. The molecule has 0 aliphatic carbocycles. The van der Waals surface area contributed by atoms with Gasteiger partial charge in [-0.2, -0.15) is 5.26 Å². The molecule has 1 aromatic heterocycles. The van der Waals surface area contributed by atoms with Crippen molar-refractivity contribution < 1.29 is 13.7 Å². The predicted octanol–water partition coefficient (Wildman–Crippen LogP) is 2.75. The van der Waals surface area contributed by atoms with Gasteiger partial charge < -0.3 is 5.32 Å². The number of benzene rings is 1. The van der Waals surface area contributed by atoms with E-state index in [0.717, 1.165) is 18.2 Å². The Kier molecular flexibility index (Phi) is 4.04. The van der Waals surface area contributed by atoms with Gasteiger partial charge in [0.15, 0.2) is 0 Å². The van der Waals surface area contributed by atoms with Crippen LogP contribution in [0.25, 0.3) is 0 Å². The Morgan fingerprint density at radius 2 is 2.14 bits per heavy atom. The van der Waals surface area contributed by atoms with Crippen LogP contribution in [0.4, 0.5) is 20.3 Å². The van der Waals surface area contributed by atoms with Gasteiger partial charge in [0.05, 0.1) is 4.92 Å². The highest BCUT2D eigenvalue weighted by molar-refractivity contribution is 5.64. The third-order valence-corrected chi connectivity index (χ3v) is 2.68. The number of nitriles is 1. The Hall–Kier alpha value is -3.08. The Balaban J connectivity index is 2.31. The smallest absolute Gasteiger partial charge is 0.328 e. The minimum atomic E-state index is -0.754. The number of halogens is 2. The van der Waals surface area contributed by atoms with Crippen molar-refractivity contribution in [1.29, 1.82) is 5.26 Å². The van der Waals surface area contributed by atoms with Crippen molar-refractivity contribution in [2.75, 3.05) is 5.32 Å². The van der Waals surface area contributed by atoms with Gasteiger partial charge in [-0.25, -0.2) is 13.8 Å². The van der Waals surface area contributed by atoms with Gasteiger partial charge in [0.1, 0.15) is 23.3 Å². The molecule has 0 saturated carbocycles. The number of nitrogens with one attached hydrogen (secondary N) is 1. The summed E-state index contributed by atoms with van der Waals surface area (Å²) in [4.78, 5) is 14.0. The summed E-state index contributed by atoms with van der Waals surface area (Å²) < 4.78 is 26.5. The van der Waals surface area contributed by atoms with Crippen LogP contribution >= 0.6 is 0 Å². The van der Waals surface area contributed by atoms with Crippen LogP contribution in [0.3, 0.4) is 0 Å². The number of hydrogen-bond acceptors (Lipinski definition) is 5. The van der Waals surface area contributed by atoms with Crippen molar-refractivity contribution in [3.8, 4) is 6.07 Å². The zero-order chi connectivity index (χ0) is 15.4. The second-order valence-electron chi connectivity index (χ2n) is 4.01. The molecule has 1 N–H and O–H groups in total. The number of anilines is 1. The molecule has 2 aromatic rings. The van der Waals surface area contributed by atoms with E-state index in [1.165, 1.54) is 12.3 Å². The summed E-state index contributed by atoms with van der Waals surface area (Å²) >= 11 is 0. The van der Waals surface area contributed by atoms with E-state index in [1.807, 2.05) is 0 Å². The van der Waals surface area contributed by atoms with Crippen molar-refractivity contribution in [3.63, 3.8) is 0 Å². The Morgan fingerprint density at radius 3 is 2.81 bits per heavy atom. The van der Waals surface area contributed by atoms with Crippen LogP contribution in [0, 0.1) is 33.1 Å². The summed E-state index contributed by atoms with van der Waals surface area (Å²) in [6.07, 6.45) is 1.22. The van der Waals surface area contributed by atoms with Crippen LogP contribution in [-0.2, 0) is 6.54 Å². The highest BCUT2D eigenvalue weighted by Gasteiger charge is 2.21. The van der Waals surface area contributed by atoms with E-state index in [9.17, 15) is 18.9 Å². The number of rotatable bonds is 4. The zero-order valence-electron chi connectivity index (χ0n) is 10.5. The monoisotopic (exact) mass is 290 g/mol. The molecule has 106 valence electrons. The average molecular weight is 290 g/mol. The van der Waals surface area contributed by atoms with Crippen LogP contribution in [0.2, 0.25) is 0 Å². The minimum Gasteiger partial charge on any atom is -0.360 e. The predicted molar refractivity (Wildman–Crippen MR) is 69.3 cm³/mol. The number of pyridine rings is 1. The molecule has 21 heavy (non-hydrogen) atoms. The molecule has 0 aliphatic rings. The second-order valence-corrected chi connectivity index (χ2v) is 4.01. The van der Waals surface area contributed by atoms with Crippen molar-refractivity contribution in [1.82, 2.24) is 4.98 Å². The van der Waals surface area contributed by atoms with Crippen molar-refractivity contribution >= 4 is 11.5 Å². The first kappa shape index (κ1) is 14.3. The first-order valence-electron chi connectivity index (χ1n) is 5.74. The van der Waals surface area contributed by atoms with Gasteiger partial charge in [-0.1, -0.05) is 0 Å². The molecule has 1 heterocycles. The minimum absolute atomic E-state index is 0.00606. The maximum absolute atomic E-state index is 13.5. The number of hydrogen-bond donors (Lipinski definition) is 1. The summed E-state index contributed by atoms with van der Waals surface area (Å²) in [6, 6.07) is 5.78. The molecule has 0 saturated heterocycles. The maximum atomic E-state index is 13.5. The highest BCUT2D eigenvalue weighted by Crippen LogP contribution is 2.26. The largest absolute Gasteiger partial charge is 0.360 e. The lowest BCUT2D eigenvalue weighted by atomic mass is 10.2. The molecule has 0 spiro atoms. The first-order chi connectivity index (χ1) is 10.0. The number of nitrogens with zero attached hydrogens (tertiary/aromatic N) is 3. The van der Waals surface area contributed by atoms with E-state index in [1.54, 1.807) is 6.07 Å². The Bertz CT molecular complexity index is 743. The molecule has 0 fully saturated rings. The van der Waals surface area contributed by atoms with E-state index in [4.69, 9.17) is 5.26 Å². The second kappa shape index (κ2) is 5.92. The summed E-state index contributed by atoms with van der Waals surface area (Å²) in [5.74, 6) is -1.45. The van der Waals surface area contributed by atoms with Gasteiger partial charge in [0, 0.05) is 18.3 Å². The van der Waals surface area contributed by atoms with Crippen molar-refractivity contribution in [3.05, 3.63) is 63.3 Å². The van der Waals surface area contributed by atoms with E-state index >= 15 is 0 Å². The molecule has 1 aromatic carbocycles. The lowest BCUT2D eigenvalue weighted by molar-refractivity contribution is -0.384. The van der Waals surface area contributed by atoms with Gasteiger partial charge in [0.2, 0.25) is 5.82 Å². The summed E-state index contributed by atoms with van der Waals surface area (Å²) in [7, 11) is 0. The van der Waals surface area contributed by atoms with Crippen molar-refractivity contribution in [2.45, 2.75) is 6.54 Å². The van der Waals surface area contributed by atoms with E-state index in [2.05, 4.69) is 10.3 Å². The summed E-state index contributed by atoms with van der Waals surface area (Å²) in [5, 5.41) is 22.4. The molecule has 0 radical (unpaired) electrons. The summed E-state index contributed by atoms with van der Waals surface area (Å²) in [6.45, 7) is -0.202. The van der Waals surface area contributed by atoms with E-state index < -0.39 is 22.2 Å². The van der Waals surface area contributed by atoms with Gasteiger partial charge in [-0.05, 0) is 24.3 Å². The molecule has 0 amide bonds. The van der Waals surface area contributed by atoms with Crippen LogP contribution in [-0.4, -0.2) is 9.91 Å². The van der Waals surface area contributed by atoms with Gasteiger partial charge in [-0.15, -0.1) is 0 Å². The average Bonchev–Trinajstić information content (AvgIpc) is 2.47. The van der Waals surface area contributed by atoms with E-state index in [-0.39, 0.29) is 23.5 Å². The molecular formula is C13H8F2N4O2. The standard InChI is InChI=1S/C13H8F2N4O2/c14-10-1-2-11(15)9(5-10)7-18-13-12(19(20)21)8(6-16)3-4-17-13/h1-5H,7H2,(H,17,18). The Labute approximate surface area is 117 Å². The summed E-state index contributed by atoms with van der Waals surface area (Å²) in [5.41, 5.74) is -0.678. The topological polar surface area (TPSA) is 91.8 Å². The van der Waals surface area contributed by atoms with Crippen LogP contribution in [0.5, 0.6) is 0 Å². The van der Waals surface area contributed by atoms with Crippen LogP contribution in [0.15, 0.2) is 30.5 Å². The normalized spacial score (nSPS) is 9.95. The lowest BCUT2D eigenvalue weighted by Crippen LogP contribution is -2.07. The molecule has 0 bridgehead atoms. The van der Waals surface area contributed by atoms with Gasteiger partial charge >= 0.3 is 5.69 Å². The SMILES string of the molecule is N#Cc1ccnc(NCc2cc(F)ccc2F)c1[N+](=O)[O-]. The van der Waals surface area contributed by atoms with Crippen molar-refractivity contribution in [2.24, 2.45) is 0 Å². The Morgan fingerprint density at radius 1 is 1.38 bits per heavy atom. The molecule has 8 heteroatoms. The third-order valence-electron chi connectivity index (χ3n) is 2.68. The quantitative estimate of drug-likeness (QED) is 0.690. The molecule has 2 rings (SSSR count). The van der Waals surface area contributed by atoms with Crippen LogP contribution < -0.4 is 5.32 Å². The zero-order valence-corrected chi connectivity index (χ0v) is 10.5. The highest BCUT2D eigenvalue weighted by atomic mass is 19.1. The third kappa shape index (κ3) is 3.09. The molecular weight excluding hydrogens is 282 g/mol. The lowest BCUT2D eigenvalue weighted by Gasteiger charge is -2.07. The molecule has 6 nitrogen and oxygen atoms in total. The fraction of sp³-hybridized carbons (Fsp3) is 0.0769. The maximum Gasteiger partial charge on any atom is 0.328 e.